The molecule has 1 atom stereocenters. The van der Waals surface area contributed by atoms with Gasteiger partial charge in [0.05, 0.1) is 13.3 Å². The third-order valence-corrected chi connectivity index (χ3v) is 2.86. The van der Waals surface area contributed by atoms with Crippen LogP contribution in [0.1, 0.15) is 11.7 Å². The van der Waals surface area contributed by atoms with E-state index in [0.29, 0.717) is 0 Å². The van der Waals surface area contributed by atoms with Gasteiger partial charge in [-0.15, -0.1) is 0 Å². The lowest BCUT2D eigenvalue weighted by molar-refractivity contribution is 0.415. The zero-order valence-corrected chi connectivity index (χ0v) is 10.0. The van der Waals surface area contributed by atoms with Crippen molar-refractivity contribution in [1.82, 2.24) is 10.7 Å². The largest absolute Gasteiger partial charge is 0.497 e. The number of hydrogen-bond acceptors (Lipinski definition) is 4. The van der Waals surface area contributed by atoms with E-state index in [1.54, 1.807) is 7.11 Å². The highest BCUT2D eigenvalue weighted by Gasteiger charge is 2.07. The molecule has 0 heterocycles. The van der Waals surface area contributed by atoms with Crippen LogP contribution in [-0.4, -0.2) is 14.2 Å². The minimum atomic E-state index is -0.0403. The van der Waals surface area contributed by atoms with Crippen LogP contribution < -0.4 is 21.3 Å². The molecule has 0 spiro atoms. The van der Waals surface area contributed by atoms with Crippen molar-refractivity contribution >= 4 is 10.8 Å². The number of fused-ring (bicyclic) bond motifs is 1. The Labute approximate surface area is 101 Å². The summed E-state index contributed by atoms with van der Waals surface area (Å²) in [6, 6.07) is 12.2. The molecule has 2 rings (SSSR count). The topological polar surface area (TPSA) is 59.3 Å². The van der Waals surface area contributed by atoms with Crippen LogP contribution in [0.25, 0.3) is 10.8 Å². The Morgan fingerprint density at radius 3 is 2.47 bits per heavy atom. The monoisotopic (exact) mass is 231 g/mol. The zero-order chi connectivity index (χ0) is 12.3. The van der Waals surface area contributed by atoms with Gasteiger partial charge in [0.25, 0.3) is 0 Å². The predicted octanol–water partition coefficient (Wildman–Crippen LogP) is 1.53. The van der Waals surface area contributed by atoms with Gasteiger partial charge in [-0.25, -0.2) is 5.43 Å². The number of nitrogens with two attached hydrogens (primary N) is 1. The van der Waals surface area contributed by atoms with Crippen LogP contribution >= 0.6 is 0 Å². The summed E-state index contributed by atoms with van der Waals surface area (Å²) in [7, 11) is 3.54. The second-order valence-corrected chi connectivity index (χ2v) is 3.86. The van der Waals surface area contributed by atoms with Crippen molar-refractivity contribution in [3.8, 4) is 5.75 Å². The van der Waals surface area contributed by atoms with Gasteiger partial charge in [-0.1, -0.05) is 18.2 Å². The Morgan fingerprint density at radius 1 is 1.12 bits per heavy atom. The standard InChI is InChI=1S/C13H17N3O/c1-15-13(16-14)11-4-3-10-8-12(17-2)6-5-9(10)7-11/h3-8,13,15-16H,14H2,1-2H3. The number of methoxy groups -OCH3 is 1. The molecule has 0 aliphatic carbocycles. The number of ether oxygens (including phenoxy) is 1. The van der Waals surface area contributed by atoms with Gasteiger partial charge in [-0.2, -0.15) is 0 Å². The van der Waals surface area contributed by atoms with Crippen molar-refractivity contribution in [3.05, 3.63) is 42.0 Å². The Kier molecular flexibility index (Phi) is 3.58. The van der Waals surface area contributed by atoms with Crippen LogP contribution in [-0.2, 0) is 0 Å². The van der Waals surface area contributed by atoms with Crippen LogP contribution in [0.15, 0.2) is 36.4 Å². The molecule has 0 saturated carbocycles. The van der Waals surface area contributed by atoms with Gasteiger partial charge in [0.1, 0.15) is 5.75 Å². The molecule has 4 heteroatoms. The number of hydrogen-bond donors (Lipinski definition) is 3. The molecule has 0 amide bonds. The molecule has 4 nitrogen and oxygen atoms in total. The Morgan fingerprint density at radius 2 is 1.82 bits per heavy atom. The lowest BCUT2D eigenvalue weighted by Crippen LogP contribution is -2.36. The molecule has 17 heavy (non-hydrogen) atoms. The molecule has 0 aromatic heterocycles. The van der Waals surface area contributed by atoms with E-state index in [1.165, 1.54) is 5.39 Å². The van der Waals surface area contributed by atoms with E-state index in [-0.39, 0.29) is 6.17 Å². The van der Waals surface area contributed by atoms with E-state index in [2.05, 4.69) is 22.9 Å². The highest BCUT2D eigenvalue weighted by molar-refractivity contribution is 5.84. The third-order valence-electron chi connectivity index (χ3n) is 2.86. The Hall–Kier alpha value is -1.62. The fourth-order valence-corrected chi connectivity index (χ4v) is 1.90. The van der Waals surface area contributed by atoms with Crippen molar-refractivity contribution in [2.75, 3.05) is 14.2 Å². The minimum Gasteiger partial charge on any atom is -0.497 e. The first-order valence-electron chi connectivity index (χ1n) is 5.49. The van der Waals surface area contributed by atoms with Crippen molar-refractivity contribution in [2.24, 2.45) is 5.84 Å². The van der Waals surface area contributed by atoms with E-state index < -0.39 is 0 Å². The Bertz CT molecular complexity index is 509. The molecule has 0 aliphatic rings. The average molecular weight is 231 g/mol. The predicted molar refractivity (Wildman–Crippen MR) is 69.6 cm³/mol. The first kappa shape index (κ1) is 11.9. The molecule has 1 unspecified atom stereocenters. The summed E-state index contributed by atoms with van der Waals surface area (Å²) in [6.45, 7) is 0. The summed E-state index contributed by atoms with van der Waals surface area (Å²) < 4.78 is 5.20. The van der Waals surface area contributed by atoms with Gasteiger partial charge in [-0.3, -0.25) is 5.84 Å². The number of hydrazine groups is 1. The zero-order valence-electron chi connectivity index (χ0n) is 10.0. The highest BCUT2D eigenvalue weighted by Crippen LogP contribution is 2.23. The SMILES string of the molecule is CNC(NN)c1ccc2cc(OC)ccc2c1. The van der Waals surface area contributed by atoms with E-state index in [9.17, 15) is 0 Å². The van der Waals surface area contributed by atoms with Gasteiger partial charge < -0.3 is 10.1 Å². The fourth-order valence-electron chi connectivity index (χ4n) is 1.90. The van der Waals surface area contributed by atoms with E-state index in [4.69, 9.17) is 10.6 Å². The summed E-state index contributed by atoms with van der Waals surface area (Å²) in [5.41, 5.74) is 3.82. The second-order valence-electron chi connectivity index (χ2n) is 3.86. The quantitative estimate of drug-likeness (QED) is 0.424. The second kappa shape index (κ2) is 5.14. The maximum Gasteiger partial charge on any atom is 0.119 e. The van der Waals surface area contributed by atoms with Crippen LogP contribution in [0.3, 0.4) is 0 Å². The highest BCUT2D eigenvalue weighted by atomic mass is 16.5. The molecule has 2 aromatic carbocycles. The van der Waals surface area contributed by atoms with Gasteiger partial charge in [0.2, 0.25) is 0 Å². The smallest absolute Gasteiger partial charge is 0.119 e. The molecule has 4 N–H and O–H groups in total. The van der Waals surface area contributed by atoms with Crippen molar-refractivity contribution in [2.45, 2.75) is 6.17 Å². The molecule has 2 aromatic rings. The molecule has 0 fully saturated rings. The third kappa shape index (κ3) is 2.39. The molecule has 0 bridgehead atoms. The number of nitrogens with one attached hydrogen (secondary N) is 2. The molecule has 0 radical (unpaired) electrons. The van der Waals surface area contributed by atoms with Gasteiger partial charge in [-0.05, 0) is 41.6 Å². The summed E-state index contributed by atoms with van der Waals surface area (Å²) >= 11 is 0. The molecule has 90 valence electrons. The summed E-state index contributed by atoms with van der Waals surface area (Å²) in [6.07, 6.45) is -0.0403. The summed E-state index contributed by atoms with van der Waals surface area (Å²) in [5, 5.41) is 5.41. The number of benzene rings is 2. The summed E-state index contributed by atoms with van der Waals surface area (Å²) in [4.78, 5) is 0. The normalized spacial score (nSPS) is 12.6. The van der Waals surface area contributed by atoms with Gasteiger partial charge in [0.15, 0.2) is 0 Å². The average Bonchev–Trinajstić information content (AvgIpc) is 2.39. The van der Waals surface area contributed by atoms with Crippen LogP contribution in [0.5, 0.6) is 5.75 Å². The van der Waals surface area contributed by atoms with Crippen LogP contribution in [0, 0.1) is 0 Å². The summed E-state index contributed by atoms with van der Waals surface area (Å²) in [5.74, 6) is 6.34. The molecular formula is C13H17N3O. The molecular weight excluding hydrogens is 214 g/mol. The van der Waals surface area contributed by atoms with E-state index in [0.717, 1.165) is 16.7 Å². The lowest BCUT2D eigenvalue weighted by Gasteiger charge is -2.15. The number of rotatable bonds is 4. The first-order valence-corrected chi connectivity index (χ1v) is 5.49. The first-order chi connectivity index (χ1) is 8.28. The van der Waals surface area contributed by atoms with Crippen molar-refractivity contribution in [1.29, 1.82) is 0 Å². The molecule has 0 saturated heterocycles. The van der Waals surface area contributed by atoms with Crippen LogP contribution in [0.4, 0.5) is 0 Å². The Balaban J connectivity index is 2.44. The van der Waals surface area contributed by atoms with Crippen molar-refractivity contribution in [3.63, 3.8) is 0 Å². The maximum absolute atomic E-state index is 5.47. The van der Waals surface area contributed by atoms with Gasteiger partial charge in [0, 0.05) is 0 Å². The lowest BCUT2D eigenvalue weighted by atomic mass is 10.1. The van der Waals surface area contributed by atoms with Crippen LogP contribution in [0.2, 0.25) is 0 Å². The van der Waals surface area contributed by atoms with E-state index >= 15 is 0 Å². The maximum atomic E-state index is 5.47. The minimum absolute atomic E-state index is 0.0403. The fraction of sp³-hybridized carbons (Fsp3) is 0.231. The van der Waals surface area contributed by atoms with E-state index in [1.807, 2.05) is 31.3 Å². The molecule has 0 aliphatic heterocycles. The van der Waals surface area contributed by atoms with Crippen molar-refractivity contribution < 1.29 is 4.74 Å². The van der Waals surface area contributed by atoms with Gasteiger partial charge >= 0.3 is 0 Å².